The largest absolute Gasteiger partial charge is 0.439 e. The van der Waals surface area contributed by atoms with E-state index in [9.17, 15) is 24.3 Å². The van der Waals surface area contributed by atoms with E-state index in [4.69, 9.17) is 31.5 Å². The molecule has 2 rings (SSSR count). The van der Waals surface area contributed by atoms with E-state index >= 15 is 0 Å². The van der Waals surface area contributed by atoms with Crippen LogP contribution in [0.15, 0.2) is 58.5 Å². The van der Waals surface area contributed by atoms with Crippen LogP contribution in [0.3, 0.4) is 0 Å². The summed E-state index contributed by atoms with van der Waals surface area (Å²) < 4.78 is 16.5. The number of ketones is 2. The zero-order valence-electron chi connectivity index (χ0n) is 24.9. The minimum Gasteiger partial charge on any atom is -0.439 e. The van der Waals surface area contributed by atoms with E-state index in [1.807, 2.05) is 6.92 Å². The van der Waals surface area contributed by atoms with E-state index in [1.165, 1.54) is 20.3 Å². The highest BCUT2D eigenvalue weighted by atomic mass is 35.5. The number of allylic oxidation sites excluding steroid dienone is 4. The van der Waals surface area contributed by atoms with Crippen molar-refractivity contribution >= 4 is 35.2 Å². The summed E-state index contributed by atoms with van der Waals surface area (Å²) in [5.41, 5.74) is 6.38. The molecule has 0 radical (unpaired) electrons. The Morgan fingerprint density at radius 2 is 1.88 bits per heavy atom. The van der Waals surface area contributed by atoms with E-state index < -0.39 is 53.9 Å². The van der Waals surface area contributed by atoms with Gasteiger partial charge in [0.05, 0.1) is 23.6 Å². The van der Waals surface area contributed by atoms with E-state index in [-0.39, 0.29) is 47.3 Å². The number of ether oxygens (including phenoxy) is 3. The van der Waals surface area contributed by atoms with Crippen LogP contribution in [0.25, 0.3) is 0 Å². The topological polar surface area (TPSA) is 166 Å². The summed E-state index contributed by atoms with van der Waals surface area (Å²) in [7, 11) is 2.91. The molecule has 2 amide bonds. The van der Waals surface area contributed by atoms with Crippen LogP contribution in [0.5, 0.6) is 0 Å². The highest BCUT2D eigenvalue weighted by Gasteiger charge is 2.33. The van der Waals surface area contributed by atoms with Gasteiger partial charge in [0.25, 0.3) is 5.91 Å². The van der Waals surface area contributed by atoms with Crippen LogP contribution >= 0.6 is 11.6 Å². The number of hydrogen-bond acceptors (Lipinski definition) is 9. The Bertz CT molecular complexity index is 1190. The van der Waals surface area contributed by atoms with Crippen LogP contribution in [0.1, 0.15) is 40.5 Å². The number of methoxy groups -OCH3 is 2. The molecule has 2 bridgehead atoms. The molecule has 0 spiro atoms. The van der Waals surface area contributed by atoms with Crippen molar-refractivity contribution in [3.8, 4) is 0 Å². The third-order valence-corrected chi connectivity index (χ3v) is 7.38. The number of amides is 2. The van der Waals surface area contributed by atoms with Crippen molar-refractivity contribution < 1.29 is 38.5 Å². The molecule has 0 aromatic rings. The van der Waals surface area contributed by atoms with Crippen molar-refractivity contribution in [1.29, 1.82) is 0 Å². The number of carbonyl (C=O) groups is 4. The number of nitrogens with two attached hydrogens (primary N) is 1. The summed E-state index contributed by atoms with van der Waals surface area (Å²) in [6, 6.07) is 0. The first-order valence-electron chi connectivity index (χ1n) is 13.7. The number of fused-ring (bicyclic) bond motifs is 2. The molecule has 1 aliphatic heterocycles. The highest BCUT2D eigenvalue weighted by molar-refractivity contribution is 6.23. The number of Topliss-reactive ketones (excluding diaryl/α,β-unsaturated/α-hetero) is 1. The van der Waals surface area contributed by atoms with E-state index in [1.54, 1.807) is 39.0 Å². The smallest absolute Gasteiger partial charge is 0.405 e. The molecule has 1 heterocycles. The molecular formula is C30H42ClN3O8. The molecule has 0 aromatic heterocycles. The van der Waals surface area contributed by atoms with Crippen LogP contribution < -0.4 is 16.4 Å². The molecule has 0 aromatic carbocycles. The fourth-order valence-electron chi connectivity index (χ4n) is 4.95. The number of rotatable bonds is 6. The van der Waals surface area contributed by atoms with Crippen molar-refractivity contribution in [2.24, 2.45) is 17.6 Å². The molecule has 5 N–H and O–H groups in total. The minimum atomic E-state index is -1.00. The molecule has 0 saturated carbocycles. The third kappa shape index (κ3) is 9.38. The summed E-state index contributed by atoms with van der Waals surface area (Å²) in [5, 5.41) is 16.7. The Hall–Kier alpha value is -3.25. The number of alkyl halides is 1. The summed E-state index contributed by atoms with van der Waals surface area (Å²) in [6.45, 7) is 7.22. The van der Waals surface area contributed by atoms with Crippen LogP contribution in [-0.2, 0) is 28.6 Å². The zero-order chi connectivity index (χ0) is 31.6. The predicted octanol–water partition coefficient (Wildman–Crippen LogP) is 2.59. The fraction of sp³-hybridized carbons (Fsp3) is 0.533. The first kappa shape index (κ1) is 34.9. The van der Waals surface area contributed by atoms with Gasteiger partial charge in [-0.1, -0.05) is 38.2 Å². The lowest BCUT2D eigenvalue weighted by Crippen LogP contribution is -2.38. The first-order valence-corrected chi connectivity index (χ1v) is 14.3. The van der Waals surface area contributed by atoms with Gasteiger partial charge in [0.2, 0.25) is 11.6 Å². The van der Waals surface area contributed by atoms with Gasteiger partial charge in [0.1, 0.15) is 6.10 Å². The molecule has 232 valence electrons. The standard InChI is InChI=1S/C30H42ClN3O8/c1-16-12-20-25(33-11-10-31)22(35)15-21(27(20)37)34-29(38)17(2)8-7-9-23(40-5)28(42-30(32)39)19(4)14-18(3)26(36)24(13-16)41-6/h7-9,14-16,18,23-24,26,28,33,36H,10-13H2,1-6H3,(H2,32,39)(H,34,38)/b9-7-,17-8-,19-14-/t16-,18+,23+,24+,26-,28+/m1/s1. The number of aliphatic hydroxyl groups excluding tert-OH is 1. The van der Waals surface area contributed by atoms with E-state index in [0.717, 1.165) is 6.08 Å². The Kier molecular flexibility index (Phi) is 13.6. The number of hydrogen-bond donors (Lipinski definition) is 4. The number of aliphatic hydroxyl groups is 1. The van der Waals surface area contributed by atoms with Crippen molar-refractivity contribution in [2.75, 3.05) is 26.6 Å². The maximum atomic E-state index is 13.5. The van der Waals surface area contributed by atoms with Gasteiger partial charge in [-0.3, -0.25) is 14.4 Å². The van der Waals surface area contributed by atoms with Gasteiger partial charge < -0.3 is 35.7 Å². The van der Waals surface area contributed by atoms with Crippen LogP contribution in [-0.4, -0.2) is 79.7 Å². The second kappa shape index (κ2) is 16.4. The number of carbonyl (C=O) groups excluding carboxylic acids is 4. The number of nitrogens with one attached hydrogen (secondary N) is 2. The Balaban J connectivity index is 2.61. The maximum absolute atomic E-state index is 13.5. The molecule has 0 fully saturated rings. The average Bonchev–Trinajstić information content (AvgIpc) is 2.94. The highest BCUT2D eigenvalue weighted by Crippen LogP contribution is 2.28. The molecule has 0 saturated heterocycles. The predicted molar refractivity (Wildman–Crippen MR) is 158 cm³/mol. The summed E-state index contributed by atoms with van der Waals surface area (Å²) >= 11 is 5.82. The lowest BCUT2D eigenvalue weighted by Gasteiger charge is -2.30. The Labute approximate surface area is 251 Å². The third-order valence-electron chi connectivity index (χ3n) is 7.19. The number of halogens is 1. The molecule has 11 nitrogen and oxygen atoms in total. The van der Waals surface area contributed by atoms with Gasteiger partial charge in [-0.2, -0.15) is 0 Å². The van der Waals surface area contributed by atoms with Crippen molar-refractivity contribution in [3.05, 3.63) is 58.5 Å². The van der Waals surface area contributed by atoms with Crippen molar-refractivity contribution in [2.45, 2.75) is 65.0 Å². The quantitative estimate of drug-likeness (QED) is 0.202. The van der Waals surface area contributed by atoms with Gasteiger partial charge in [-0.15, -0.1) is 11.6 Å². The molecule has 2 aliphatic rings. The van der Waals surface area contributed by atoms with Crippen LogP contribution in [0, 0.1) is 11.8 Å². The van der Waals surface area contributed by atoms with Crippen LogP contribution in [0.2, 0.25) is 0 Å². The fourth-order valence-corrected chi connectivity index (χ4v) is 5.05. The summed E-state index contributed by atoms with van der Waals surface area (Å²) in [5.74, 6) is -1.96. The second-order valence-corrected chi connectivity index (χ2v) is 10.9. The van der Waals surface area contributed by atoms with Crippen LogP contribution in [0.4, 0.5) is 4.79 Å². The maximum Gasteiger partial charge on any atom is 0.405 e. The van der Waals surface area contributed by atoms with Gasteiger partial charge >= 0.3 is 6.09 Å². The molecule has 42 heavy (non-hydrogen) atoms. The molecule has 1 aliphatic carbocycles. The minimum absolute atomic E-state index is 0.138. The summed E-state index contributed by atoms with van der Waals surface area (Å²) in [6.07, 6.45) is 3.71. The van der Waals surface area contributed by atoms with Gasteiger partial charge in [0.15, 0.2) is 6.10 Å². The van der Waals surface area contributed by atoms with Gasteiger partial charge in [-0.05, 0) is 38.2 Å². The first-order chi connectivity index (χ1) is 19.8. The SMILES string of the molecule is CO[C@H]1/C=C\C=C(\C)C(=O)NC2=CC(=O)C(NCCCl)=C(C[C@@H](C)C[C@H](OC)[C@H](O)[C@@H](C)/C=C(/C)[C@@H]1OC(N)=O)C2=O. The normalized spacial score (nSPS) is 31.7. The van der Waals surface area contributed by atoms with E-state index in [0.29, 0.717) is 12.0 Å². The zero-order valence-corrected chi connectivity index (χ0v) is 25.7. The second-order valence-electron chi connectivity index (χ2n) is 10.5. The Morgan fingerprint density at radius 1 is 1.19 bits per heavy atom. The summed E-state index contributed by atoms with van der Waals surface area (Å²) in [4.78, 5) is 51.3. The Morgan fingerprint density at radius 3 is 2.48 bits per heavy atom. The molecule has 6 atom stereocenters. The lowest BCUT2D eigenvalue weighted by atomic mass is 9.85. The van der Waals surface area contributed by atoms with E-state index in [2.05, 4.69) is 10.6 Å². The number of primary amides is 1. The van der Waals surface area contributed by atoms with Gasteiger partial charge in [-0.25, -0.2) is 4.79 Å². The molecule has 0 unspecified atom stereocenters. The monoisotopic (exact) mass is 607 g/mol. The van der Waals surface area contributed by atoms with Gasteiger partial charge in [0, 0.05) is 49.8 Å². The van der Waals surface area contributed by atoms with Crippen molar-refractivity contribution in [3.63, 3.8) is 0 Å². The van der Waals surface area contributed by atoms with Crippen molar-refractivity contribution in [1.82, 2.24) is 10.6 Å². The lowest BCUT2D eigenvalue weighted by molar-refractivity contribution is -0.120. The molecular weight excluding hydrogens is 566 g/mol. The molecule has 12 heteroatoms. The average molecular weight is 608 g/mol.